The molecule has 106 valence electrons. The van der Waals surface area contributed by atoms with Gasteiger partial charge in [0.1, 0.15) is 0 Å². The maximum absolute atomic E-state index is 5.27. The summed E-state index contributed by atoms with van der Waals surface area (Å²) in [5, 5.41) is 3.57. The van der Waals surface area contributed by atoms with E-state index >= 15 is 0 Å². The Kier molecular flexibility index (Phi) is 5.05. The third kappa shape index (κ3) is 4.22. The topological polar surface area (TPSA) is 24.5 Å². The average Bonchev–Trinajstić information content (AvgIpc) is 3.04. The summed E-state index contributed by atoms with van der Waals surface area (Å²) in [5.74, 6) is 1.55. The van der Waals surface area contributed by atoms with Crippen LogP contribution in [-0.2, 0) is 4.74 Å². The molecule has 0 aromatic carbocycles. The van der Waals surface area contributed by atoms with Gasteiger partial charge in [-0.1, -0.05) is 13.8 Å². The molecule has 2 fully saturated rings. The van der Waals surface area contributed by atoms with Crippen LogP contribution in [0, 0.1) is 17.3 Å². The monoisotopic (exact) mass is 254 g/mol. The largest absolute Gasteiger partial charge is 0.385 e. The first kappa shape index (κ1) is 14.3. The highest BCUT2D eigenvalue weighted by Crippen LogP contribution is 2.49. The fraction of sp³-hybridized carbons (Fsp3) is 1.00. The normalized spacial score (nSPS) is 32.8. The van der Waals surface area contributed by atoms with Crippen molar-refractivity contribution in [2.24, 2.45) is 17.3 Å². The van der Waals surface area contributed by atoms with Crippen LogP contribution >= 0.6 is 0 Å². The van der Waals surface area contributed by atoms with Crippen LogP contribution in [-0.4, -0.2) is 51.3 Å². The van der Waals surface area contributed by atoms with Gasteiger partial charge in [0.25, 0.3) is 0 Å². The zero-order valence-corrected chi connectivity index (χ0v) is 12.4. The van der Waals surface area contributed by atoms with Crippen LogP contribution in [0.4, 0.5) is 0 Å². The second kappa shape index (κ2) is 6.36. The molecule has 0 bridgehead atoms. The summed E-state index contributed by atoms with van der Waals surface area (Å²) in [6.45, 7) is 11.8. The predicted octanol–water partition coefficient (Wildman–Crippen LogP) is 1.98. The van der Waals surface area contributed by atoms with Crippen LogP contribution in [0.1, 0.15) is 33.1 Å². The van der Waals surface area contributed by atoms with Crippen molar-refractivity contribution in [3.8, 4) is 0 Å². The second-order valence-electron chi connectivity index (χ2n) is 6.81. The van der Waals surface area contributed by atoms with Crippen LogP contribution in [0.3, 0.4) is 0 Å². The van der Waals surface area contributed by atoms with Gasteiger partial charge in [-0.2, -0.15) is 0 Å². The third-order valence-corrected chi connectivity index (χ3v) is 4.48. The summed E-state index contributed by atoms with van der Waals surface area (Å²) in [6.07, 6.45) is 4.07. The smallest absolute Gasteiger partial charge is 0.0468 e. The highest BCUT2D eigenvalue weighted by atomic mass is 16.5. The lowest BCUT2D eigenvalue weighted by atomic mass is 9.99. The van der Waals surface area contributed by atoms with Crippen LogP contribution in [0.2, 0.25) is 0 Å². The van der Waals surface area contributed by atoms with Crippen LogP contribution in [0.25, 0.3) is 0 Å². The van der Waals surface area contributed by atoms with Crippen molar-refractivity contribution >= 4 is 0 Å². The minimum Gasteiger partial charge on any atom is -0.385 e. The summed E-state index contributed by atoms with van der Waals surface area (Å²) in [6, 6.07) is 0. The Labute approximate surface area is 112 Å². The number of hydrogen-bond acceptors (Lipinski definition) is 3. The van der Waals surface area contributed by atoms with E-state index in [1.54, 1.807) is 0 Å². The first-order valence-corrected chi connectivity index (χ1v) is 7.55. The van der Waals surface area contributed by atoms with Gasteiger partial charge in [0.05, 0.1) is 0 Å². The number of methoxy groups -OCH3 is 1. The molecule has 1 aliphatic carbocycles. The fourth-order valence-electron chi connectivity index (χ4n) is 3.25. The Hall–Kier alpha value is -0.120. The lowest BCUT2D eigenvalue weighted by Gasteiger charge is -2.34. The molecular weight excluding hydrogens is 224 g/mol. The van der Waals surface area contributed by atoms with E-state index in [0.29, 0.717) is 5.41 Å². The number of rotatable bonds is 5. The van der Waals surface area contributed by atoms with E-state index in [4.69, 9.17) is 4.74 Å². The summed E-state index contributed by atoms with van der Waals surface area (Å²) in [4.78, 5) is 2.72. The number of hydrogen-bond donors (Lipinski definition) is 1. The van der Waals surface area contributed by atoms with E-state index in [0.717, 1.165) is 18.4 Å². The molecule has 0 spiro atoms. The van der Waals surface area contributed by atoms with Gasteiger partial charge in [-0.3, -0.25) is 0 Å². The Morgan fingerprint density at radius 1 is 1.17 bits per heavy atom. The molecule has 3 nitrogen and oxygen atoms in total. The molecular formula is C15H30N2O. The zero-order valence-electron chi connectivity index (χ0n) is 12.4. The molecule has 2 rings (SSSR count). The van der Waals surface area contributed by atoms with E-state index in [9.17, 15) is 0 Å². The molecule has 1 heterocycles. The SMILES string of the molecule is COCCC1(CN2CC(C)CNCC(C)C2)CC1. The summed E-state index contributed by atoms with van der Waals surface area (Å²) in [7, 11) is 1.82. The van der Waals surface area contributed by atoms with E-state index in [1.165, 1.54) is 52.0 Å². The van der Waals surface area contributed by atoms with Gasteiger partial charge in [-0.05, 0) is 49.6 Å². The molecule has 2 unspecified atom stereocenters. The Bertz CT molecular complexity index is 241. The van der Waals surface area contributed by atoms with Gasteiger partial charge < -0.3 is 15.0 Å². The Balaban J connectivity index is 1.85. The summed E-state index contributed by atoms with van der Waals surface area (Å²) in [5.41, 5.74) is 0.599. The molecule has 2 atom stereocenters. The molecule has 0 radical (unpaired) electrons. The van der Waals surface area contributed by atoms with Crippen molar-refractivity contribution in [3.05, 3.63) is 0 Å². The standard InChI is InChI=1S/C15H30N2O/c1-13-8-16-9-14(2)11-17(10-13)12-15(4-5-15)6-7-18-3/h13-14,16H,4-12H2,1-3H3. The molecule has 3 heteroatoms. The maximum atomic E-state index is 5.27. The molecule has 1 N–H and O–H groups in total. The molecule has 0 aromatic heterocycles. The molecule has 2 aliphatic rings. The number of nitrogens with one attached hydrogen (secondary N) is 1. The van der Waals surface area contributed by atoms with Crippen LogP contribution in [0.5, 0.6) is 0 Å². The molecule has 18 heavy (non-hydrogen) atoms. The molecule has 1 aliphatic heterocycles. The van der Waals surface area contributed by atoms with Crippen LogP contribution < -0.4 is 5.32 Å². The number of ether oxygens (including phenoxy) is 1. The van der Waals surface area contributed by atoms with E-state index < -0.39 is 0 Å². The fourth-order valence-corrected chi connectivity index (χ4v) is 3.25. The highest BCUT2D eigenvalue weighted by Gasteiger charge is 2.43. The van der Waals surface area contributed by atoms with Gasteiger partial charge in [0, 0.05) is 33.4 Å². The first-order chi connectivity index (χ1) is 8.63. The molecule has 1 saturated heterocycles. The number of nitrogens with zero attached hydrogens (tertiary/aromatic N) is 1. The highest BCUT2D eigenvalue weighted by molar-refractivity contribution is 4.96. The average molecular weight is 254 g/mol. The minimum absolute atomic E-state index is 0.599. The second-order valence-corrected chi connectivity index (χ2v) is 6.81. The van der Waals surface area contributed by atoms with Crippen molar-refractivity contribution in [1.82, 2.24) is 10.2 Å². The van der Waals surface area contributed by atoms with Crippen molar-refractivity contribution in [2.75, 3.05) is 46.4 Å². The van der Waals surface area contributed by atoms with Crippen LogP contribution in [0.15, 0.2) is 0 Å². The summed E-state index contributed by atoms with van der Waals surface area (Å²) >= 11 is 0. The zero-order chi connectivity index (χ0) is 13.0. The van der Waals surface area contributed by atoms with Crippen molar-refractivity contribution in [3.63, 3.8) is 0 Å². The minimum atomic E-state index is 0.599. The predicted molar refractivity (Wildman–Crippen MR) is 75.8 cm³/mol. The lowest BCUT2D eigenvalue weighted by Crippen LogP contribution is -2.44. The molecule has 0 aromatic rings. The Morgan fingerprint density at radius 3 is 2.28 bits per heavy atom. The van der Waals surface area contributed by atoms with Gasteiger partial charge in [0.15, 0.2) is 0 Å². The third-order valence-electron chi connectivity index (χ3n) is 4.48. The van der Waals surface area contributed by atoms with Gasteiger partial charge in [-0.15, -0.1) is 0 Å². The maximum Gasteiger partial charge on any atom is 0.0468 e. The van der Waals surface area contributed by atoms with E-state index in [1.807, 2.05) is 7.11 Å². The quantitative estimate of drug-likeness (QED) is 0.812. The lowest BCUT2D eigenvalue weighted by molar-refractivity contribution is 0.124. The molecule has 0 amide bonds. The van der Waals surface area contributed by atoms with E-state index in [-0.39, 0.29) is 0 Å². The summed E-state index contributed by atoms with van der Waals surface area (Å²) < 4.78 is 5.27. The van der Waals surface area contributed by atoms with Gasteiger partial charge in [0.2, 0.25) is 0 Å². The van der Waals surface area contributed by atoms with Crippen molar-refractivity contribution < 1.29 is 4.74 Å². The molecule has 1 saturated carbocycles. The van der Waals surface area contributed by atoms with Crippen molar-refractivity contribution in [2.45, 2.75) is 33.1 Å². The van der Waals surface area contributed by atoms with Crippen molar-refractivity contribution in [1.29, 1.82) is 0 Å². The van der Waals surface area contributed by atoms with Gasteiger partial charge >= 0.3 is 0 Å². The Morgan fingerprint density at radius 2 is 1.78 bits per heavy atom. The van der Waals surface area contributed by atoms with E-state index in [2.05, 4.69) is 24.1 Å². The first-order valence-electron chi connectivity index (χ1n) is 7.55. The van der Waals surface area contributed by atoms with Gasteiger partial charge in [-0.25, -0.2) is 0 Å².